The van der Waals surface area contributed by atoms with Gasteiger partial charge in [-0.2, -0.15) is 0 Å². The summed E-state index contributed by atoms with van der Waals surface area (Å²) in [7, 11) is 0. The molecule has 1 aliphatic rings. The number of hydrogen-bond donors (Lipinski definition) is 1. The topological polar surface area (TPSA) is 47.6 Å². The third kappa shape index (κ3) is 4.28. The Balaban J connectivity index is 1.38. The minimum Gasteiger partial charge on any atom is -0.454 e. The zero-order valence-corrected chi connectivity index (χ0v) is 14.0. The molecule has 4 heteroatoms. The molecule has 4 nitrogen and oxygen atoms in total. The summed E-state index contributed by atoms with van der Waals surface area (Å²) in [5.41, 5.74) is 2.40. The van der Waals surface area contributed by atoms with E-state index in [1.54, 1.807) is 0 Å². The molecule has 0 fully saturated rings. The molecule has 1 heterocycles. The molecule has 1 N–H and O–H groups in total. The first-order valence-corrected chi connectivity index (χ1v) is 8.42. The van der Waals surface area contributed by atoms with Crippen LogP contribution in [0.5, 0.6) is 11.5 Å². The average molecular weight is 325 g/mol. The van der Waals surface area contributed by atoms with Crippen LogP contribution in [0, 0.1) is 0 Å². The first kappa shape index (κ1) is 16.4. The monoisotopic (exact) mass is 325 g/mol. The number of amides is 1. The van der Waals surface area contributed by atoms with Crippen molar-refractivity contribution in [3.8, 4) is 11.5 Å². The van der Waals surface area contributed by atoms with Crippen molar-refractivity contribution in [2.75, 3.05) is 13.3 Å². The van der Waals surface area contributed by atoms with Gasteiger partial charge in [0.25, 0.3) is 0 Å². The minimum absolute atomic E-state index is 0.0907. The van der Waals surface area contributed by atoms with E-state index in [-0.39, 0.29) is 12.7 Å². The number of aryl methyl sites for hydroxylation is 1. The number of benzene rings is 2. The Morgan fingerprint density at radius 2 is 1.92 bits per heavy atom. The molecule has 0 radical (unpaired) electrons. The summed E-state index contributed by atoms with van der Waals surface area (Å²) in [6.07, 6.45) is 2.13. The van der Waals surface area contributed by atoms with Gasteiger partial charge in [-0.3, -0.25) is 4.79 Å². The maximum atomic E-state index is 12.0. The molecule has 2 aromatic carbocycles. The van der Waals surface area contributed by atoms with Crippen molar-refractivity contribution >= 4 is 5.91 Å². The maximum Gasteiger partial charge on any atom is 0.231 e. The Hall–Kier alpha value is -2.49. The van der Waals surface area contributed by atoms with Crippen molar-refractivity contribution in [2.24, 2.45) is 0 Å². The lowest BCUT2D eigenvalue weighted by molar-refractivity contribution is -0.121. The second kappa shape index (κ2) is 7.86. The lowest BCUT2D eigenvalue weighted by atomic mass is 9.98. The Bertz CT molecular complexity index is 685. The molecule has 0 saturated carbocycles. The number of carbonyl (C=O) groups excluding carboxylic acids is 1. The van der Waals surface area contributed by atoms with Gasteiger partial charge in [0, 0.05) is 13.0 Å². The zero-order chi connectivity index (χ0) is 16.8. The van der Waals surface area contributed by atoms with Gasteiger partial charge in [0.1, 0.15) is 0 Å². The van der Waals surface area contributed by atoms with E-state index in [0.717, 1.165) is 23.5 Å². The lowest BCUT2D eigenvalue weighted by Gasteiger charge is -2.12. The number of nitrogens with one attached hydrogen (secondary N) is 1. The molecule has 1 atom stereocenters. The quantitative estimate of drug-likeness (QED) is 0.845. The van der Waals surface area contributed by atoms with Crippen LogP contribution < -0.4 is 14.8 Å². The van der Waals surface area contributed by atoms with Crippen LogP contribution in [0.4, 0.5) is 0 Å². The van der Waals surface area contributed by atoms with E-state index in [9.17, 15) is 4.79 Å². The van der Waals surface area contributed by atoms with Gasteiger partial charge < -0.3 is 14.8 Å². The molecule has 126 valence electrons. The van der Waals surface area contributed by atoms with Crippen LogP contribution in [-0.2, 0) is 11.2 Å². The Labute approximate surface area is 142 Å². The highest BCUT2D eigenvalue weighted by Gasteiger charge is 2.13. The first-order valence-electron chi connectivity index (χ1n) is 8.42. The van der Waals surface area contributed by atoms with Gasteiger partial charge in [0.05, 0.1) is 0 Å². The van der Waals surface area contributed by atoms with Crippen LogP contribution in [0.1, 0.15) is 36.8 Å². The van der Waals surface area contributed by atoms with E-state index < -0.39 is 0 Å². The van der Waals surface area contributed by atoms with Gasteiger partial charge in [-0.15, -0.1) is 0 Å². The van der Waals surface area contributed by atoms with Crippen molar-refractivity contribution in [1.29, 1.82) is 0 Å². The molecular weight excluding hydrogens is 302 g/mol. The van der Waals surface area contributed by atoms with Crippen LogP contribution in [-0.4, -0.2) is 19.2 Å². The van der Waals surface area contributed by atoms with E-state index in [0.29, 0.717) is 25.3 Å². The van der Waals surface area contributed by atoms with E-state index in [2.05, 4.69) is 36.5 Å². The number of carbonyl (C=O) groups is 1. The summed E-state index contributed by atoms with van der Waals surface area (Å²) < 4.78 is 10.6. The summed E-state index contributed by atoms with van der Waals surface area (Å²) in [5, 5.41) is 3.01. The fraction of sp³-hybridized carbons (Fsp3) is 0.350. The van der Waals surface area contributed by atoms with Gasteiger partial charge in [0.15, 0.2) is 11.5 Å². The van der Waals surface area contributed by atoms with Crippen LogP contribution in [0.25, 0.3) is 0 Å². The van der Waals surface area contributed by atoms with Crippen LogP contribution in [0.2, 0.25) is 0 Å². The molecule has 0 bridgehead atoms. The highest BCUT2D eigenvalue weighted by Crippen LogP contribution is 2.32. The summed E-state index contributed by atoms with van der Waals surface area (Å²) >= 11 is 0. The van der Waals surface area contributed by atoms with E-state index in [1.165, 1.54) is 5.56 Å². The van der Waals surface area contributed by atoms with Gasteiger partial charge in [0.2, 0.25) is 12.7 Å². The minimum atomic E-state index is 0.0907. The van der Waals surface area contributed by atoms with Gasteiger partial charge >= 0.3 is 0 Å². The Kier molecular flexibility index (Phi) is 5.36. The third-order valence-electron chi connectivity index (χ3n) is 4.35. The summed E-state index contributed by atoms with van der Waals surface area (Å²) in [4.78, 5) is 12.0. The van der Waals surface area contributed by atoms with Gasteiger partial charge in [-0.25, -0.2) is 0 Å². The van der Waals surface area contributed by atoms with Crippen LogP contribution >= 0.6 is 0 Å². The molecular formula is C20H23NO3. The van der Waals surface area contributed by atoms with Gasteiger partial charge in [-0.1, -0.05) is 43.3 Å². The van der Waals surface area contributed by atoms with Crippen molar-refractivity contribution < 1.29 is 14.3 Å². The second-order valence-corrected chi connectivity index (χ2v) is 6.14. The smallest absolute Gasteiger partial charge is 0.231 e. The fourth-order valence-corrected chi connectivity index (χ4v) is 2.82. The van der Waals surface area contributed by atoms with E-state index in [4.69, 9.17) is 9.47 Å². The average Bonchev–Trinajstić information content (AvgIpc) is 3.08. The predicted octanol–water partition coefficient (Wildman–Crippen LogP) is 3.66. The standard InChI is InChI=1S/C20H23NO3/c1-15(17-5-3-2-4-6-17)11-12-21-20(22)10-8-16-7-9-18-19(13-16)24-14-23-18/h2-7,9,13,15H,8,10-12,14H2,1H3,(H,21,22). The number of fused-ring (bicyclic) bond motifs is 1. The Morgan fingerprint density at radius 3 is 2.75 bits per heavy atom. The predicted molar refractivity (Wildman–Crippen MR) is 93.4 cm³/mol. The van der Waals surface area contributed by atoms with Crippen molar-refractivity contribution in [2.45, 2.75) is 32.1 Å². The molecule has 0 spiro atoms. The van der Waals surface area contributed by atoms with Crippen molar-refractivity contribution in [3.05, 3.63) is 59.7 Å². The largest absolute Gasteiger partial charge is 0.454 e. The molecule has 3 rings (SSSR count). The number of ether oxygens (including phenoxy) is 2. The summed E-state index contributed by atoms with van der Waals surface area (Å²) in [6.45, 7) is 3.17. The molecule has 24 heavy (non-hydrogen) atoms. The van der Waals surface area contributed by atoms with Crippen molar-refractivity contribution in [1.82, 2.24) is 5.32 Å². The molecule has 1 aliphatic heterocycles. The highest BCUT2D eigenvalue weighted by atomic mass is 16.7. The molecule has 1 amide bonds. The van der Waals surface area contributed by atoms with Crippen molar-refractivity contribution in [3.63, 3.8) is 0 Å². The summed E-state index contributed by atoms with van der Waals surface area (Å²) in [6, 6.07) is 16.2. The summed E-state index contributed by atoms with van der Waals surface area (Å²) in [5.74, 6) is 2.08. The van der Waals surface area contributed by atoms with E-state index >= 15 is 0 Å². The molecule has 2 aromatic rings. The van der Waals surface area contributed by atoms with Crippen LogP contribution in [0.15, 0.2) is 48.5 Å². The molecule has 0 aliphatic carbocycles. The third-order valence-corrected chi connectivity index (χ3v) is 4.35. The van der Waals surface area contributed by atoms with E-state index in [1.807, 2.05) is 24.3 Å². The number of hydrogen-bond acceptors (Lipinski definition) is 3. The molecule has 0 saturated heterocycles. The zero-order valence-electron chi connectivity index (χ0n) is 14.0. The SMILES string of the molecule is CC(CCNC(=O)CCc1ccc2c(c1)OCO2)c1ccccc1. The number of rotatable bonds is 7. The Morgan fingerprint density at radius 1 is 1.12 bits per heavy atom. The normalized spacial score (nSPS) is 13.5. The molecule has 0 aromatic heterocycles. The maximum absolute atomic E-state index is 12.0. The molecule has 1 unspecified atom stereocenters. The lowest BCUT2D eigenvalue weighted by Crippen LogP contribution is -2.25. The highest BCUT2D eigenvalue weighted by molar-refractivity contribution is 5.76. The second-order valence-electron chi connectivity index (χ2n) is 6.14. The van der Waals surface area contributed by atoms with Gasteiger partial charge in [-0.05, 0) is 42.0 Å². The van der Waals surface area contributed by atoms with Crippen LogP contribution in [0.3, 0.4) is 0 Å². The fourth-order valence-electron chi connectivity index (χ4n) is 2.82. The first-order chi connectivity index (χ1) is 11.7.